The molecule has 0 saturated carbocycles. The number of carbonyl (C=O) groups is 1. The van der Waals surface area contributed by atoms with Gasteiger partial charge in [-0.25, -0.2) is 9.97 Å². The number of nitrogens with zero attached hydrogens (tertiary/aromatic N) is 4. The summed E-state index contributed by atoms with van der Waals surface area (Å²) in [6.07, 6.45) is 5.80. The van der Waals surface area contributed by atoms with Gasteiger partial charge >= 0.3 is 0 Å². The van der Waals surface area contributed by atoms with E-state index in [1.807, 2.05) is 6.07 Å². The zero-order valence-electron chi connectivity index (χ0n) is 14.8. The summed E-state index contributed by atoms with van der Waals surface area (Å²) in [6.45, 7) is 4.98. The van der Waals surface area contributed by atoms with Crippen molar-refractivity contribution in [2.75, 3.05) is 51.4 Å². The van der Waals surface area contributed by atoms with Crippen LogP contribution in [0.1, 0.15) is 25.7 Å². The molecule has 1 aromatic heterocycles. The quantitative estimate of drug-likeness (QED) is 0.823. The molecule has 2 atom stereocenters. The predicted molar refractivity (Wildman–Crippen MR) is 92.6 cm³/mol. The third-order valence-electron chi connectivity index (χ3n) is 5.85. The molecule has 0 aliphatic carbocycles. The van der Waals surface area contributed by atoms with E-state index >= 15 is 0 Å². The summed E-state index contributed by atoms with van der Waals surface area (Å²) in [5, 5.41) is 0. The van der Waals surface area contributed by atoms with Crippen molar-refractivity contribution in [1.82, 2.24) is 14.9 Å². The standard InChI is InChI=1S/C18H26N4O3/c1-24-16-9-15(19-13-20-16)21-6-2-4-18(11-21)5-7-22(12-18)17(23)14-3-8-25-10-14/h9,13-14H,2-8,10-12H2,1H3/t14-,18+/m0/s1. The molecule has 4 rings (SSSR count). The van der Waals surface area contributed by atoms with Gasteiger partial charge < -0.3 is 19.3 Å². The van der Waals surface area contributed by atoms with Crippen molar-refractivity contribution in [1.29, 1.82) is 0 Å². The van der Waals surface area contributed by atoms with Crippen molar-refractivity contribution < 1.29 is 14.3 Å². The largest absolute Gasteiger partial charge is 0.481 e. The summed E-state index contributed by atoms with van der Waals surface area (Å²) >= 11 is 0. The molecule has 1 aromatic rings. The Kier molecular flexibility index (Phi) is 4.50. The number of anilines is 1. The molecule has 7 nitrogen and oxygen atoms in total. The molecule has 3 saturated heterocycles. The van der Waals surface area contributed by atoms with Crippen LogP contribution in [0.3, 0.4) is 0 Å². The number of aromatic nitrogens is 2. The molecule has 136 valence electrons. The van der Waals surface area contributed by atoms with E-state index in [4.69, 9.17) is 9.47 Å². The normalized spacial score (nSPS) is 29.4. The fourth-order valence-corrected chi connectivity index (χ4v) is 4.46. The smallest absolute Gasteiger partial charge is 0.228 e. The highest BCUT2D eigenvalue weighted by Gasteiger charge is 2.44. The minimum absolute atomic E-state index is 0.0703. The molecule has 0 bridgehead atoms. The lowest BCUT2D eigenvalue weighted by Gasteiger charge is -2.41. The molecule has 4 heterocycles. The minimum Gasteiger partial charge on any atom is -0.481 e. The van der Waals surface area contributed by atoms with E-state index in [0.29, 0.717) is 12.5 Å². The van der Waals surface area contributed by atoms with Gasteiger partial charge in [0, 0.05) is 44.3 Å². The van der Waals surface area contributed by atoms with Crippen molar-refractivity contribution in [2.45, 2.75) is 25.7 Å². The van der Waals surface area contributed by atoms with Gasteiger partial charge in [0.1, 0.15) is 12.1 Å². The van der Waals surface area contributed by atoms with Gasteiger partial charge in [-0.15, -0.1) is 0 Å². The van der Waals surface area contributed by atoms with Gasteiger partial charge in [-0.3, -0.25) is 4.79 Å². The van der Waals surface area contributed by atoms with Crippen LogP contribution in [0.5, 0.6) is 5.88 Å². The molecule has 25 heavy (non-hydrogen) atoms. The van der Waals surface area contributed by atoms with Crippen molar-refractivity contribution >= 4 is 11.7 Å². The van der Waals surface area contributed by atoms with Crippen LogP contribution < -0.4 is 9.64 Å². The SMILES string of the molecule is COc1cc(N2CCC[C@@]3(CCN(C(=O)[C@H]4CCOC4)C3)C2)ncn1. The molecule has 3 aliphatic rings. The molecule has 1 amide bonds. The lowest BCUT2D eigenvalue weighted by Crippen LogP contribution is -2.46. The highest BCUT2D eigenvalue weighted by molar-refractivity contribution is 5.79. The molecule has 0 N–H and O–H groups in total. The average Bonchev–Trinajstić information content (AvgIpc) is 3.32. The number of hydrogen-bond acceptors (Lipinski definition) is 6. The Labute approximate surface area is 148 Å². The van der Waals surface area contributed by atoms with E-state index < -0.39 is 0 Å². The highest BCUT2D eigenvalue weighted by Crippen LogP contribution is 2.40. The molecule has 7 heteroatoms. The lowest BCUT2D eigenvalue weighted by molar-refractivity contribution is -0.134. The van der Waals surface area contributed by atoms with Crippen LogP contribution in [0.2, 0.25) is 0 Å². The number of likely N-dealkylation sites (tertiary alicyclic amines) is 1. The molecule has 1 spiro atoms. The third-order valence-corrected chi connectivity index (χ3v) is 5.85. The number of amides is 1. The summed E-state index contributed by atoms with van der Waals surface area (Å²) in [5.41, 5.74) is 0.186. The van der Waals surface area contributed by atoms with E-state index in [0.717, 1.165) is 57.9 Å². The second kappa shape index (κ2) is 6.78. The van der Waals surface area contributed by atoms with Gasteiger partial charge in [0.25, 0.3) is 0 Å². The van der Waals surface area contributed by atoms with Crippen molar-refractivity contribution in [3.8, 4) is 5.88 Å². The Bertz CT molecular complexity index is 635. The molecule has 3 aliphatic heterocycles. The minimum atomic E-state index is 0.0703. The summed E-state index contributed by atoms with van der Waals surface area (Å²) in [4.78, 5) is 25.6. The number of rotatable bonds is 3. The van der Waals surface area contributed by atoms with Gasteiger partial charge in [0.05, 0.1) is 19.6 Å². The first-order valence-corrected chi connectivity index (χ1v) is 9.17. The summed E-state index contributed by atoms with van der Waals surface area (Å²) < 4.78 is 10.6. The highest BCUT2D eigenvalue weighted by atomic mass is 16.5. The van der Waals surface area contributed by atoms with Gasteiger partial charge in [-0.1, -0.05) is 0 Å². The summed E-state index contributed by atoms with van der Waals surface area (Å²) in [6, 6.07) is 1.90. The van der Waals surface area contributed by atoms with Crippen LogP contribution in [0.15, 0.2) is 12.4 Å². The zero-order valence-corrected chi connectivity index (χ0v) is 14.8. The first kappa shape index (κ1) is 16.6. The lowest BCUT2D eigenvalue weighted by atomic mass is 9.79. The summed E-state index contributed by atoms with van der Waals surface area (Å²) in [5.74, 6) is 1.87. The van der Waals surface area contributed by atoms with Gasteiger partial charge in [-0.05, 0) is 25.7 Å². The second-order valence-corrected chi connectivity index (χ2v) is 7.51. The van der Waals surface area contributed by atoms with E-state index in [2.05, 4.69) is 19.8 Å². The van der Waals surface area contributed by atoms with Crippen LogP contribution in [0, 0.1) is 11.3 Å². The fraction of sp³-hybridized carbons (Fsp3) is 0.722. The van der Waals surface area contributed by atoms with Crippen LogP contribution in [-0.2, 0) is 9.53 Å². The fourth-order valence-electron chi connectivity index (χ4n) is 4.46. The maximum Gasteiger partial charge on any atom is 0.228 e. The molecule has 0 unspecified atom stereocenters. The predicted octanol–water partition coefficient (Wildman–Crippen LogP) is 1.34. The van der Waals surface area contributed by atoms with Crippen molar-refractivity contribution in [3.05, 3.63) is 12.4 Å². The van der Waals surface area contributed by atoms with E-state index in [1.165, 1.54) is 6.42 Å². The molecular formula is C18H26N4O3. The monoisotopic (exact) mass is 346 g/mol. The van der Waals surface area contributed by atoms with Crippen molar-refractivity contribution in [2.24, 2.45) is 11.3 Å². The number of carbonyl (C=O) groups excluding carboxylic acids is 1. The van der Waals surface area contributed by atoms with Crippen LogP contribution in [0.25, 0.3) is 0 Å². The molecule has 0 radical (unpaired) electrons. The van der Waals surface area contributed by atoms with Crippen LogP contribution in [-0.4, -0.2) is 67.3 Å². The first-order chi connectivity index (χ1) is 12.2. The van der Waals surface area contributed by atoms with Crippen molar-refractivity contribution in [3.63, 3.8) is 0 Å². The number of piperidine rings is 1. The van der Waals surface area contributed by atoms with E-state index in [9.17, 15) is 4.79 Å². The summed E-state index contributed by atoms with van der Waals surface area (Å²) in [7, 11) is 1.62. The Hall–Kier alpha value is -1.89. The first-order valence-electron chi connectivity index (χ1n) is 9.17. The Morgan fingerprint density at radius 1 is 1.32 bits per heavy atom. The van der Waals surface area contributed by atoms with Crippen LogP contribution >= 0.6 is 0 Å². The molecular weight excluding hydrogens is 320 g/mol. The Morgan fingerprint density at radius 3 is 3.04 bits per heavy atom. The van der Waals surface area contributed by atoms with Gasteiger partial charge in [0.2, 0.25) is 11.8 Å². The topological polar surface area (TPSA) is 67.8 Å². The molecule has 0 aromatic carbocycles. The van der Waals surface area contributed by atoms with Gasteiger partial charge in [-0.2, -0.15) is 0 Å². The zero-order chi connectivity index (χ0) is 17.3. The Balaban J connectivity index is 1.44. The number of hydrogen-bond donors (Lipinski definition) is 0. The molecule has 3 fully saturated rings. The number of methoxy groups -OCH3 is 1. The number of ether oxygens (including phenoxy) is 2. The van der Waals surface area contributed by atoms with Gasteiger partial charge in [0.15, 0.2) is 0 Å². The Morgan fingerprint density at radius 2 is 2.24 bits per heavy atom. The van der Waals surface area contributed by atoms with E-state index in [1.54, 1.807) is 13.4 Å². The maximum atomic E-state index is 12.7. The third kappa shape index (κ3) is 3.29. The van der Waals surface area contributed by atoms with E-state index in [-0.39, 0.29) is 17.2 Å². The maximum absolute atomic E-state index is 12.7. The van der Waals surface area contributed by atoms with Crippen LogP contribution in [0.4, 0.5) is 5.82 Å². The second-order valence-electron chi connectivity index (χ2n) is 7.51. The average molecular weight is 346 g/mol.